The first-order valence-corrected chi connectivity index (χ1v) is 6.77. The van der Waals surface area contributed by atoms with Gasteiger partial charge in [-0.15, -0.1) is 0 Å². The number of ether oxygens (including phenoxy) is 1. The predicted octanol–water partition coefficient (Wildman–Crippen LogP) is 2.64. The van der Waals surface area contributed by atoms with Crippen molar-refractivity contribution in [3.8, 4) is 0 Å². The van der Waals surface area contributed by atoms with Crippen molar-refractivity contribution in [1.82, 2.24) is 5.32 Å². The number of piperidine rings is 1. The highest BCUT2D eigenvalue weighted by molar-refractivity contribution is 5.14. The Hall–Kier alpha value is -0.860. The van der Waals surface area contributed by atoms with Crippen LogP contribution < -0.4 is 5.32 Å². The first-order valence-electron chi connectivity index (χ1n) is 6.77. The lowest BCUT2D eigenvalue weighted by molar-refractivity contribution is 0.0883. The van der Waals surface area contributed by atoms with Crippen molar-refractivity contribution < 1.29 is 4.74 Å². The van der Waals surface area contributed by atoms with Gasteiger partial charge in [-0.05, 0) is 43.7 Å². The maximum Gasteiger partial charge on any atom is 0.0506 e. The van der Waals surface area contributed by atoms with E-state index < -0.39 is 0 Å². The number of rotatable bonds is 6. The summed E-state index contributed by atoms with van der Waals surface area (Å²) in [5.41, 5.74) is 1.41. The Bertz CT molecular complexity index is 293. The molecule has 1 N–H and O–H groups in total. The van der Waals surface area contributed by atoms with Gasteiger partial charge in [-0.25, -0.2) is 0 Å². The summed E-state index contributed by atoms with van der Waals surface area (Å²) < 4.78 is 5.75. The highest BCUT2D eigenvalue weighted by Crippen LogP contribution is 2.10. The molecular formula is C15H23NO. The number of hydrogen-bond acceptors (Lipinski definition) is 2. The standard InChI is InChI=1S/C15H23NO/c1-2-6-14(7-3-1)9-5-11-17-13-15-8-4-10-16-12-15/h1-3,6-7,15-16H,4-5,8-13H2/t15-/m1/s1. The highest BCUT2D eigenvalue weighted by Gasteiger charge is 2.12. The molecular weight excluding hydrogens is 210 g/mol. The Morgan fingerprint density at radius 3 is 2.88 bits per heavy atom. The second kappa shape index (κ2) is 7.46. The van der Waals surface area contributed by atoms with E-state index in [1.54, 1.807) is 0 Å². The Kier molecular flexibility index (Phi) is 5.53. The third kappa shape index (κ3) is 4.88. The van der Waals surface area contributed by atoms with Crippen molar-refractivity contribution in [3.05, 3.63) is 35.9 Å². The van der Waals surface area contributed by atoms with Crippen molar-refractivity contribution in [2.24, 2.45) is 5.92 Å². The van der Waals surface area contributed by atoms with E-state index in [4.69, 9.17) is 4.74 Å². The molecule has 1 aromatic rings. The van der Waals surface area contributed by atoms with Gasteiger partial charge in [-0.1, -0.05) is 30.3 Å². The first kappa shape index (κ1) is 12.6. The summed E-state index contributed by atoms with van der Waals surface area (Å²) in [4.78, 5) is 0. The van der Waals surface area contributed by atoms with Crippen LogP contribution in [0.4, 0.5) is 0 Å². The zero-order valence-corrected chi connectivity index (χ0v) is 10.5. The summed E-state index contributed by atoms with van der Waals surface area (Å²) >= 11 is 0. The van der Waals surface area contributed by atoms with Crippen LogP contribution in [0, 0.1) is 5.92 Å². The molecule has 1 atom stereocenters. The predicted molar refractivity (Wildman–Crippen MR) is 71.2 cm³/mol. The molecule has 2 nitrogen and oxygen atoms in total. The topological polar surface area (TPSA) is 21.3 Å². The average Bonchev–Trinajstić information content (AvgIpc) is 2.41. The molecule has 1 aliphatic rings. The highest BCUT2D eigenvalue weighted by atomic mass is 16.5. The summed E-state index contributed by atoms with van der Waals surface area (Å²) in [7, 11) is 0. The third-order valence-electron chi connectivity index (χ3n) is 3.35. The lowest BCUT2D eigenvalue weighted by atomic mass is 10.0. The van der Waals surface area contributed by atoms with Crippen LogP contribution in [-0.4, -0.2) is 26.3 Å². The normalized spacial score (nSPS) is 20.4. The van der Waals surface area contributed by atoms with E-state index in [9.17, 15) is 0 Å². The Balaban J connectivity index is 1.51. The van der Waals surface area contributed by atoms with E-state index in [0.717, 1.165) is 38.5 Å². The van der Waals surface area contributed by atoms with Gasteiger partial charge in [0.05, 0.1) is 6.61 Å². The molecule has 0 saturated carbocycles. The summed E-state index contributed by atoms with van der Waals surface area (Å²) in [6.45, 7) is 4.15. The number of nitrogens with one attached hydrogen (secondary N) is 1. The van der Waals surface area contributed by atoms with E-state index in [2.05, 4.69) is 35.6 Å². The fraction of sp³-hybridized carbons (Fsp3) is 0.600. The molecule has 2 heteroatoms. The fourth-order valence-corrected chi connectivity index (χ4v) is 2.34. The first-order chi connectivity index (χ1) is 8.45. The molecule has 1 saturated heterocycles. The van der Waals surface area contributed by atoms with Gasteiger partial charge in [0.2, 0.25) is 0 Å². The Morgan fingerprint density at radius 1 is 1.24 bits per heavy atom. The lowest BCUT2D eigenvalue weighted by Crippen LogP contribution is -2.32. The minimum atomic E-state index is 0.737. The zero-order chi connectivity index (χ0) is 11.8. The summed E-state index contributed by atoms with van der Waals surface area (Å²) in [5.74, 6) is 0.737. The number of aryl methyl sites for hydroxylation is 1. The van der Waals surface area contributed by atoms with E-state index in [1.807, 2.05) is 0 Å². The second-order valence-corrected chi connectivity index (χ2v) is 4.88. The minimum Gasteiger partial charge on any atom is -0.381 e. The van der Waals surface area contributed by atoms with Crippen molar-refractivity contribution in [1.29, 1.82) is 0 Å². The molecule has 17 heavy (non-hydrogen) atoms. The van der Waals surface area contributed by atoms with Crippen molar-refractivity contribution in [2.45, 2.75) is 25.7 Å². The van der Waals surface area contributed by atoms with E-state index in [1.165, 1.54) is 24.9 Å². The van der Waals surface area contributed by atoms with E-state index in [-0.39, 0.29) is 0 Å². The second-order valence-electron chi connectivity index (χ2n) is 4.88. The SMILES string of the molecule is c1ccc(CCCOC[C@@H]2CCCNC2)cc1. The quantitative estimate of drug-likeness (QED) is 0.763. The largest absolute Gasteiger partial charge is 0.381 e. The molecule has 0 aromatic heterocycles. The maximum absolute atomic E-state index is 5.75. The summed E-state index contributed by atoms with van der Waals surface area (Å²) in [6, 6.07) is 10.6. The van der Waals surface area contributed by atoms with E-state index in [0.29, 0.717) is 0 Å². The molecule has 0 unspecified atom stereocenters. The van der Waals surface area contributed by atoms with Crippen LogP contribution in [0.25, 0.3) is 0 Å². The van der Waals surface area contributed by atoms with Crippen molar-refractivity contribution >= 4 is 0 Å². The van der Waals surface area contributed by atoms with Gasteiger partial charge in [-0.2, -0.15) is 0 Å². The monoisotopic (exact) mass is 233 g/mol. The van der Waals surface area contributed by atoms with Gasteiger partial charge in [0.25, 0.3) is 0 Å². The fourth-order valence-electron chi connectivity index (χ4n) is 2.34. The smallest absolute Gasteiger partial charge is 0.0506 e. The van der Waals surface area contributed by atoms with Crippen LogP contribution in [0.15, 0.2) is 30.3 Å². The minimum absolute atomic E-state index is 0.737. The number of benzene rings is 1. The van der Waals surface area contributed by atoms with Gasteiger partial charge in [0.15, 0.2) is 0 Å². The zero-order valence-electron chi connectivity index (χ0n) is 10.5. The van der Waals surface area contributed by atoms with Gasteiger partial charge in [0.1, 0.15) is 0 Å². The molecule has 94 valence electrons. The van der Waals surface area contributed by atoms with Gasteiger partial charge in [0, 0.05) is 13.2 Å². The third-order valence-corrected chi connectivity index (χ3v) is 3.35. The molecule has 1 aromatic carbocycles. The molecule has 1 fully saturated rings. The van der Waals surface area contributed by atoms with E-state index >= 15 is 0 Å². The van der Waals surface area contributed by atoms with Crippen LogP contribution in [0.2, 0.25) is 0 Å². The van der Waals surface area contributed by atoms with Crippen LogP contribution in [0.1, 0.15) is 24.8 Å². The Labute approximate surface area is 104 Å². The van der Waals surface area contributed by atoms with Gasteiger partial charge < -0.3 is 10.1 Å². The molecule has 0 spiro atoms. The van der Waals surface area contributed by atoms with Crippen LogP contribution >= 0.6 is 0 Å². The van der Waals surface area contributed by atoms with Crippen LogP contribution in [0.5, 0.6) is 0 Å². The lowest BCUT2D eigenvalue weighted by Gasteiger charge is -2.22. The van der Waals surface area contributed by atoms with Crippen LogP contribution in [0.3, 0.4) is 0 Å². The molecule has 1 aliphatic heterocycles. The van der Waals surface area contributed by atoms with Crippen molar-refractivity contribution in [3.63, 3.8) is 0 Å². The summed E-state index contributed by atoms with van der Waals surface area (Å²) in [5, 5.41) is 3.42. The maximum atomic E-state index is 5.75. The molecule has 1 heterocycles. The molecule has 0 bridgehead atoms. The average molecular weight is 233 g/mol. The van der Waals surface area contributed by atoms with Gasteiger partial charge in [-0.3, -0.25) is 0 Å². The molecule has 0 amide bonds. The molecule has 0 radical (unpaired) electrons. The molecule has 2 rings (SSSR count). The molecule has 0 aliphatic carbocycles. The number of hydrogen-bond donors (Lipinski definition) is 1. The Morgan fingerprint density at radius 2 is 2.12 bits per heavy atom. The summed E-state index contributed by atoms with van der Waals surface area (Å²) in [6.07, 6.45) is 4.89. The van der Waals surface area contributed by atoms with Crippen molar-refractivity contribution in [2.75, 3.05) is 26.3 Å². The van der Waals surface area contributed by atoms with Gasteiger partial charge >= 0.3 is 0 Å². The van der Waals surface area contributed by atoms with Crippen LogP contribution in [-0.2, 0) is 11.2 Å².